The SMILES string of the molecule is CCn1c(C)c(-c2ccc(Cl)cc2F)c(=O)c(C(=O)OC)c1-c1ccc([N+](=O)[O-])c(Cl)c1. The van der Waals surface area contributed by atoms with Crippen LogP contribution < -0.4 is 5.43 Å². The molecule has 3 aromatic rings. The Balaban J connectivity index is 2.46. The lowest BCUT2D eigenvalue weighted by Crippen LogP contribution is -2.26. The molecule has 0 bridgehead atoms. The molecule has 0 fully saturated rings. The zero-order chi connectivity index (χ0) is 23.7. The Morgan fingerprint density at radius 1 is 1.22 bits per heavy atom. The fourth-order valence-corrected chi connectivity index (χ4v) is 4.04. The highest BCUT2D eigenvalue weighted by Crippen LogP contribution is 2.35. The fraction of sp³-hybridized carbons (Fsp3) is 0.182. The van der Waals surface area contributed by atoms with E-state index in [2.05, 4.69) is 0 Å². The Morgan fingerprint density at radius 2 is 1.91 bits per heavy atom. The molecular weight excluding hydrogens is 462 g/mol. The quantitative estimate of drug-likeness (QED) is 0.268. The molecule has 0 amide bonds. The van der Waals surface area contributed by atoms with Crippen molar-refractivity contribution >= 4 is 34.9 Å². The summed E-state index contributed by atoms with van der Waals surface area (Å²) >= 11 is 11.9. The van der Waals surface area contributed by atoms with Crippen LogP contribution in [0.2, 0.25) is 10.0 Å². The number of methoxy groups -OCH3 is 1. The normalized spacial score (nSPS) is 10.8. The van der Waals surface area contributed by atoms with E-state index < -0.39 is 22.1 Å². The predicted octanol–water partition coefficient (Wildman–Crippen LogP) is 5.65. The first-order chi connectivity index (χ1) is 15.1. The summed E-state index contributed by atoms with van der Waals surface area (Å²) < 4.78 is 21.2. The lowest BCUT2D eigenvalue weighted by molar-refractivity contribution is -0.384. The van der Waals surface area contributed by atoms with Gasteiger partial charge in [0.25, 0.3) is 5.69 Å². The first-order valence-corrected chi connectivity index (χ1v) is 10.1. The zero-order valence-electron chi connectivity index (χ0n) is 17.2. The summed E-state index contributed by atoms with van der Waals surface area (Å²) in [4.78, 5) is 36.7. The van der Waals surface area contributed by atoms with Crippen molar-refractivity contribution in [3.8, 4) is 22.4 Å². The number of nitrogens with zero attached hydrogens (tertiary/aromatic N) is 2. The van der Waals surface area contributed by atoms with Crippen LogP contribution >= 0.6 is 23.2 Å². The van der Waals surface area contributed by atoms with E-state index in [1.165, 1.54) is 30.3 Å². The first kappa shape index (κ1) is 23.4. The second-order valence-electron chi connectivity index (χ2n) is 6.80. The number of aromatic nitrogens is 1. The number of nitro groups is 1. The van der Waals surface area contributed by atoms with Gasteiger partial charge >= 0.3 is 5.97 Å². The molecule has 0 N–H and O–H groups in total. The number of carbonyl (C=O) groups is 1. The Morgan fingerprint density at radius 3 is 2.44 bits per heavy atom. The van der Waals surface area contributed by atoms with Gasteiger partial charge in [0.15, 0.2) is 0 Å². The third kappa shape index (κ3) is 3.99. The molecule has 3 rings (SSSR count). The average Bonchev–Trinajstić information content (AvgIpc) is 2.74. The number of hydrogen-bond donors (Lipinski definition) is 0. The molecule has 0 unspecified atom stereocenters. The highest BCUT2D eigenvalue weighted by Gasteiger charge is 2.28. The summed E-state index contributed by atoms with van der Waals surface area (Å²) in [5, 5.41) is 11.1. The molecule has 10 heteroatoms. The number of ether oxygens (including phenoxy) is 1. The summed E-state index contributed by atoms with van der Waals surface area (Å²) in [6.45, 7) is 3.69. The van der Waals surface area contributed by atoms with Gasteiger partial charge in [0.2, 0.25) is 5.43 Å². The third-order valence-corrected chi connectivity index (χ3v) is 5.59. The van der Waals surface area contributed by atoms with E-state index >= 15 is 0 Å². The Kier molecular flexibility index (Phi) is 6.66. The minimum atomic E-state index is -0.933. The molecule has 0 saturated heterocycles. The highest BCUT2D eigenvalue weighted by atomic mass is 35.5. The van der Waals surface area contributed by atoms with Crippen molar-refractivity contribution in [2.24, 2.45) is 0 Å². The minimum absolute atomic E-state index is 0.0156. The van der Waals surface area contributed by atoms with E-state index in [1.54, 1.807) is 18.4 Å². The van der Waals surface area contributed by atoms with E-state index in [4.69, 9.17) is 27.9 Å². The summed E-state index contributed by atoms with van der Waals surface area (Å²) in [6.07, 6.45) is 0. The van der Waals surface area contributed by atoms with Crippen LogP contribution in [0, 0.1) is 22.9 Å². The molecule has 1 heterocycles. The lowest BCUT2D eigenvalue weighted by atomic mass is 9.95. The van der Waals surface area contributed by atoms with Crippen LogP contribution in [0.15, 0.2) is 41.2 Å². The van der Waals surface area contributed by atoms with Crippen molar-refractivity contribution < 1.29 is 18.8 Å². The van der Waals surface area contributed by atoms with Gasteiger partial charge in [-0.05, 0) is 44.2 Å². The number of rotatable bonds is 5. The molecule has 0 radical (unpaired) electrons. The van der Waals surface area contributed by atoms with E-state index in [9.17, 15) is 24.1 Å². The van der Waals surface area contributed by atoms with Crippen LogP contribution in [0.1, 0.15) is 23.0 Å². The summed E-state index contributed by atoms with van der Waals surface area (Å²) in [6, 6.07) is 7.76. The molecule has 7 nitrogen and oxygen atoms in total. The maximum Gasteiger partial charge on any atom is 0.344 e. The van der Waals surface area contributed by atoms with Gasteiger partial charge in [-0.1, -0.05) is 23.2 Å². The number of esters is 1. The van der Waals surface area contributed by atoms with Crippen molar-refractivity contribution in [3.05, 3.63) is 83.9 Å². The van der Waals surface area contributed by atoms with E-state index in [1.807, 2.05) is 0 Å². The lowest BCUT2D eigenvalue weighted by Gasteiger charge is -2.22. The molecule has 0 aliphatic rings. The van der Waals surface area contributed by atoms with Gasteiger partial charge in [-0.2, -0.15) is 0 Å². The second-order valence-corrected chi connectivity index (χ2v) is 7.64. The number of carbonyl (C=O) groups excluding carboxylic acids is 1. The van der Waals surface area contributed by atoms with Gasteiger partial charge in [-0.15, -0.1) is 0 Å². The van der Waals surface area contributed by atoms with Gasteiger partial charge in [-0.25, -0.2) is 9.18 Å². The molecule has 0 saturated carbocycles. The van der Waals surface area contributed by atoms with E-state index in [0.717, 1.165) is 13.2 Å². The van der Waals surface area contributed by atoms with Gasteiger partial charge in [0, 0.05) is 34.5 Å². The molecule has 0 aliphatic carbocycles. The van der Waals surface area contributed by atoms with Crippen LogP contribution in [0.25, 0.3) is 22.4 Å². The van der Waals surface area contributed by atoms with Crippen LogP contribution in [-0.4, -0.2) is 22.6 Å². The molecule has 0 aliphatic heterocycles. The van der Waals surface area contributed by atoms with Crippen LogP contribution in [-0.2, 0) is 11.3 Å². The molecule has 32 heavy (non-hydrogen) atoms. The second kappa shape index (κ2) is 9.10. The Bertz CT molecular complexity index is 1320. The third-order valence-electron chi connectivity index (χ3n) is 5.05. The predicted molar refractivity (Wildman–Crippen MR) is 120 cm³/mol. The standard InChI is InChI=1S/C22H17Cl2FN2O5/c1-4-26-11(2)18(14-7-6-13(23)10-16(14)25)21(28)19(22(29)32-3)20(26)12-5-8-17(27(30)31)15(24)9-12/h5-10H,4H2,1-3H3. The van der Waals surface area contributed by atoms with Crippen molar-refractivity contribution in [2.45, 2.75) is 20.4 Å². The van der Waals surface area contributed by atoms with Gasteiger partial charge in [0.1, 0.15) is 16.4 Å². The maximum absolute atomic E-state index is 14.7. The number of nitro benzene ring substituents is 1. The van der Waals surface area contributed by atoms with Crippen LogP contribution in [0.3, 0.4) is 0 Å². The zero-order valence-corrected chi connectivity index (χ0v) is 18.8. The van der Waals surface area contributed by atoms with Gasteiger partial charge in [0.05, 0.1) is 23.3 Å². The number of benzene rings is 2. The van der Waals surface area contributed by atoms with E-state index in [0.29, 0.717) is 17.8 Å². The Labute approximate surface area is 192 Å². The summed E-state index contributed by atoms with van der Waals surface area (Å²) in [7, 11) is 1.12. The highest BCUT2D eigenvalue weighted by molar-refractivity contribution is 6.33. The molecule has 2 aromatic carbocycles. The van der Waals surface area contributed by atoms with Crippen molar-refractivity contribution in [2.75, 3.05) is 7.11 Å². The monoisotopic (exact) mass is 478 g/mol. The van der Waals surface area contributed by atoms with Gasteiger partial charge in [-0.3, -0.25) is 14.9 Å². The van der Waals surface area contributed by atoms with Crippen LogP contribution in [0.4, 0.5) is 10.1 Å². The molecule has 1 aromatic heterocycles. The minimum Gasteiger partial charge on any atom is -0.465 e. The fourth-order valence-electron chi connectivity index (χ4n) is 3.63. The molecule has 0 spiro atoms. The van der Waals surface area contributed by atoms with Crippen molar-refractivity contribution in [1.29, 1.82) is 0 Å². The molecular formula is C22H17Cl2FN2O5. The summed E-state index contributed by atoms with van der Waals surface area (Å²) in [5.74, 6) is -1.65. The first-order valence-electron chi connectivity index (χ1n) is 9.37. The Hall–Kier alpha value is -3.23. The van der Waals surface area contributed by atoms with Gasteiger partial charge < -0.3 is 9.30 Å². The summed E-state index contributed by atoms with van der Waals surface area (Å²) in [5.41, 5.74) is -0.592. The molecule has 0 atom stereocenters. The number of hydrogen-bond acceptors (Lipinski definition) is 5. The van der Waals surface area contributed by atoms with Crippen molar-refractivity contribution in [1.82, 2.24) is 4.57 Å². The smallest absolute Gasteiger partial charge is 0.344 e. The van der Waals surface area contributed by atoms with Crippen molar-refractivity contribution in [3.63, 3.8) is 0 Å². The topological polar surface area (TPSA) is 91.4 Å². The average molecular weight is 479 g/mol. The van der Waals surface area contributed by atoms with Crippen LogP contribution in [0.5, 0.6) is 0 Å². The largest absolute Gasteiger partial charge is 0.465 e. The number of halogens is 3. The molecule has 166 valence electrons. The number of pyridine rings is 1. The van der Waals surface area contributed by atoms with E-state index in [-0.39, 0.29) is 38.1 Å². The maximum atomic E-state index is 14.7.